The van der Waals surface area contributed by atoms with Gasteiger partial charge in [-0.15, -0.1) is 0 Å². The number of halogens is 1. The Labute approximate surface area is 206 Å². The van der Waals surface area contributed by atoms with Crippen molar-refractivity contribution in [1.29, 1.82) is 0 Å². The maximum atomic E-state index is 11.8. The van der Waals surface area contributed by atoms with Gasteiger partial charge in [-0.3, -0.25) is 0 Å². The topological polar surface area (TPSA) is 78.4 Å². The van der Waals surface area contributed by atoms with Gasteiger partial charge in [0.15, 0.2) is 0 Å². The molecule has 4 nitrogen and oxygen atoms in total. The molecule has 0 radical (unpaired) electrons. The Morgan fingerprint density at radius 2 is 1.00 bits per heavy atom. The Balaban J connectivity index is 0.000000501. The van der Waals surface area contributed by atoms with Crippen molar-refractivity contribution in [2.45, 2.75) is 12.8 Å². The van der Waals surface area contributed by atoms with Crippen molar-refractivity contribution in [2.24, 2.45) is 0 Å². The van der Waals surface area contributed by atoms with Crippen molar-refractivity contribution in [3.63, 3.8) is 0 Å². The van der Waals surface area contributed by atoms with Crippen molar-refractivity contribution >= 4 is 34.5 Å². The molecule has 1 aliphatic rings. The first kappa shape index (κ1) is 26.6. The van der Waals surface area contributed by atoms with E-state index in [4.69, 9.17) is 4.08 Å². The van der Waals surface area contributed by atoms with E-state index in [-0.39, 0.29) is 22.4 Å². The third-order valence-electron chi connectivity index (χ3n) is 4.97. The zero-order valence-corrected chi connectivity index (χ0v) is 21.5. The van der Waals surface area contributed by atoms with Crippen LogP contribution in [0.1, 0.15) is 12.8 Å². The fourth-order valence-corrected chi connectivity index (χ4v) is 10.3. The van der Waals surface area contributed by atoms with Crippen LogP contribution in [0.3, 0.4) is 0 Å². The molecule has 31 heavy (non-hydrogen) atoms. The summed E-state index contributed by atoms with van der Waals surface area (Å²) in [7, 11) is -4.72. The van der Waals surface area contributed by atoms with E-state index in [0.29, 0.717) is 15.9 Å². The van der Waals surface area contributed by atoms with Gasteiger partial charge in [-0.2, -0.15) is 11.8 Å². The predicted molar refractivity (Wildman–Crippen MR) is 118 cm³/mol. The average Bonchev–Trinajstić information content (AvgIpc) is 3.35. The third-order valence-corrected chi connectivity index (χ3v) is 12.2. The van der Waals surface area contributed by atoms with E-state index in [9.17, 15) is 14.0 Å². The fraction of sp³-hybridized carbons (Fsp3) is 0.174. The van der Waals surface area contributed by atoms with Gasteiger partial charge in [0, 0.05) is 0 Å². The molecule has 0 bridgehead atoms. The minimum absolute atomic E-state index is 0. The maximum absolute atomic E-state index is 11.8. The van der Waals surface area contributed by atoms with Crippen LogP contribution in [-0.4, -0.2) is 11.5 Å². The van der Waals surface area contributed by atoms with Crippen LogP contribution in [0.2, 0.25) is 0 Å². The van der Waals surface area contributed by atoms with E-state index in [1.165, 1.54) is 24.3 Å². The minimum atomic E-state index is -4.72. The molecule has 0 amide bonds. The normalized spacial score (nSPS) is 15.0. The van der Waals surface area contributed by atoms with E-state index in [1.807, 2.05) is 18.2 Å². The molecule has 170 valence electrons. The van der Waals surface area contributed by atoms with Gasteiger partial charge in [0.05, 0.1) is 0 Å². The molecule has 3 aromatic carbocycles. The molecule has 1 fully saturated rings. The molecule has 0 spiro atoms. The van der Waals surface area contributed by atoms with Crippen molar-refractivity contribution in [3.8, 4) is 0 Å². The quantitative estimate of drug-likeness (QED) is 0.237. The van der Waals surface area contributed by atoms with Gasteiger partial charge < -0.3 is 0 Å². The molecule has 1 heterocycles. The van der Waals surface area contributed by atoms with Gasteiger partial charge in [-0.05, 0) is 24.3 Å². The summed E-state index contributed by atoms with van der Waals surface area (Å²) in [5.74, 6) is 2.83. The zero-order chi connectivity index (χ0) is 21.5. The summed E-state index contributed by atoms with van der Waals surface area (Å²) in [6.45, 7) is 0.0854. The van der Waals surface area contributed by atoms with Crippen molar-refractivity contribution in [1.82, 2.24) is 0 Å². The summed E-state index contributed by atoms with van der Waals surface area (Å²) in [5, 5.41) is 1.66. The molecule has 0 N–H and O–H groups in total. The first-order chi connectivity index (χ1) is 14.3. The molecule has 1 saturated heterocycles. The van der Waals surface area contributed by atoms with E-state index in [2.05, 4.69) is 18.4 Å². The zero-order valence-electron chi connectivity index (χ0n) is 16.9. The standard InChI is InChI=1S/C19H17ClO4P.C4H8S.Au/c1-25(24-20(21,22)23,17-11-5-2-6-12-17,18-13-7-3-8-14-18)19-15-9-4-10-16-19;1-2-4-5-3-1;/h2-16H,1H2;1-4H2;/q-1;;+1. The first-order valence-electron chi connectivity index (χ1n) is 9.60. The van der Waals surface area contributed by atoms with Gasteiger partial charge in [0.1, 0.15) is 0 Å². The molecule has 0 aromatic heterocycles. The van der Waals surface area contributed by atoms with Crippen molar-refractivity contribution in [3.05, 3.63) is 97.7 Å². The molecule has 0 atom stereocenters. The van der Waals surface area contributed by atoms with Crippen LogP contribution >= 0.6 is 18.6 Å². The third kappa shape index (κ3) is 6.21. The van der Waals surface area contributed by atoms with Gasteiger partial charge in [0.2, 0.25) is 0 Å². The monoisotopic (exact) mass is 660 g/mol. The molecular weight excluding hydrogens is 636 g/mol. The molecular formula is C23H25AuClO4PS. The molecule has 8 heteroatoms. The van der Waals surface area contributed by atoms with Crippen molar-refractivity contribution < 1.29 is 50.7 Å². The van der Waals surface area contributed by atoms with E-state index < -0.39 is 17.1 Å². The van der Waals surface area contributed by atoms with Crippen LogP contribution in [0.15, 0.2) is 91.0 Å². The average molecular weight is 661 g/mol. The number of hydrogen-bond donors (Lipinski definition) is 0. The Kier molecular flexibility index (Phi) is 9.80. The Morgan fingerprint density at radius 1 is 0.677 bits per heavy atom. The summed E-state index contributed by atoms with van der Waals surface area (Å²) in [4.78, 5) is 0. The van der Waals surface area contributed by atoms with E-state index in [1.54, 1.807) is 72.8 Å². The summed E-state index contributed by atoms with van der Waals surface area (Å²) in [5.41, 5.74) is 0. The molecule has 0 saturated carbocycles. The SMILES string of the molecule is C1CCSC1.[Au+].[CH2-]P(O[Cl+3]([O-])([O-])[O-])(c1ccccc1)(c1ccccc1)c1ccccc1. The summed E-state index contributed by atoms with van der Waals surface area (Å²) in [6.07, 6.45) is 2.93. The second-order valence-corrected chi connectivity index (χ2v) is 13.5. The molecule has 3 aromatic rings. The molecule has 1 aliphatic heterocycles. The molecule has 0 unspecified atom stereocenters. The van der Waals surface area contributed by atoms with Crippen LogP contribution < -0.4 is 29.9 Å². The number of benzene rings is 3. The van der Waals surface area contributed by atoms with E-state index in [0.717, 1.165) is 0 Å². The number of hydrogen-bond acceptors (Lipinski definition) is 5. The van der Waals surface area contributed by atoms with Crippen LogP contribution in [0, 0.1) is 16.9 Å². The second kappa shape index (κ2) is 11.4. The number of thioether (sulfide) groups is 1. The first-order valence-corrected chi connectivity index (χ1v) is 14.3. The Morgan fingerprint density at radius 3 is 1.23 bits per heavy atom. The second-order valence-electron chi connectivity index (χ2n) is 6.99. The van der Waals surface area contributed by atoms with Crippen LogP contribution in [0.5, 0.6) is 0 Å². The van der Waals surface area contributed by atoms with Crippen molar-refractivity contribution in [2.75, 3.05) is 11.5 Å². The van der Waals surface area contributed by atoms with Gasteiger partial charge in [0.25, 0.3) is 0 Å². The fourth-order valence-electron chi connectivity index (χ4n) is 3.49. The molecule has 4 rings (SSSR count). The van der Waals surface area contributed by atoms with Gasteiger partial charge >= 0.3 is 171 Å². The van der Waals surface area contributed by atoms with Gasteiger partial charge in [-0.1, -0.05) is 0 Å². The summed E-state index contributed by atoms with van der Waals surface area (Å²) in [6, 6.07) is 26.5. The Bertz CT molecular complexity index is 816. The Hall–Kier alpha value is -0.690. The number of rotatable bonds is 5. The summed E-state index contributed by atoms with van der Waals surface area (Å²) >= 11 is 2.07. The predicted octanol–water partition coefficient (Wildman–Crippen LogP) is 1.65. The summed E-state index contributed by atoms with van der Waals surface area (Å²) < 4.78 is 40.7. The van der Waals surface area contributed by atoms with Crippen LogP contribution in [-0.2, 0) is 26.5 Å². The van der Waals surface area contributed by atoms with E-state index >= 15 is 0 Å². The van der Waals surface area contributed by atoms with Crippen LogP contribution in [0.4, 0.5) is 0 Å². The van der Waals surface area contributed by atoms with Crippen LogP contribution in [0.25, 0.3) is 0 Å². The van der Waals surface area contributed by atoms with Gasteiger partial charge in [-0.25, -0.2) is 0 Å². The molecule has 0 aliphatic carbocycles.